The number of allylic oxidation sites excluding steroid dienone is 1. The quantitative estimate of drug-likeness (QED) is 0.610. The molecule has 0 spiro atoms. The van der Waals surface area contributed by atoms with Crippen LogP contribution in [0.4, 0.5) is 0 Å². The molecule has 0 radical (unpaired) electrons. The third kappa shape index (κ3) is 2.33. The number of hydrogen-bond donors (Lipinski definition) is 0. The Balaban J connectivity index is 3.03. The molecule has 0 bridgehead atoms. The average molecular weight is 202 g/mol. The molecule has 0 fully saturated rings. The average Bonchev–Trinajstić information content (AvgIpc) is 1.94. The molecular weight excluding hydrogens is 184 g/mol. The summed E-state index contributed by atoms with van der Waals surface area (Å²) in [7, 11) is -2.92. The van der Waals surface area contributed by atoms with Gasteiger partial charge in [0.25, 0.3) is 0 Å². The lowest BCUT2D eigenvalue weighted by Gasteiger charge is -2.30. The standard InChI is InChI=1S/C10H18O2S/c1-7-5-8(2)9(3)10(6-7)13(4,11)12/h6,8-10H,5H2,1-4H3. The van der Waals surface area contributed by atoms with Crippen LogP contribution in [-0.4, -0.2) is 19.9 Å². The van der Waals surface area contributed by atoms with E-state index in [9.17, 15) is 8.42 Å². The monoisotopic (exact) mass is 202 g/mol. The lowest BCUT2D eigenvalue weighted by Crippen LogP contribution is -2.33. The number of sulfone groups is 1. The van der Waals surface area contributed by atoms with Crippen molar-refractivity contribution >= 4 is 9.84 Å². The maximum Gasteiger partial charge on any atom is 0.154 e. The molecule has 13 heavy (non-hydrogen) atoms. The molecule has 0 aromatic rings. The fourth-order valence-electron chi connectivity index (χ4n) is 2.03. The van der Waals surface area contributed by atoms with Crippen molar-refractivity contribution in [1.29, 1.82) is 0 Å². The molecule has 0 amide bonds. The minimum absolute atomic E-state index is 0.249. The van der Waals surface area contributed by atoms with Crippen LogP contribution in [-0.2, 0) is 9.84 Å². The largest absolute Gasteiger partial charge is 0.229 e. The first kappa shape index (κ1) is 10.8. The van der Waals surface area contributed by atoms with E-state index < -0.39 is 9.84 Å². The van der Waals surface area contributed by atoms with E-state index in [-0.39, 0.29) is 11.2 Å². The highest BCUT2D eigenvalue weighted by Crippen LogP contribution is 2.32. The van der Waals surface area contributed by atoms with E-state index in [0.29, 0.717) is 5.92 Å². The van der Waals surface area contributed by atoms with Crippen molar-refractivity contribution in [3.63, 3.8) is 0 Å². The van der Waals surface area contributed by atoms with Gasteiger partial charge in [0.1, 0.15) is 0 Å². The molecule has 0 saturated carbocycles. The molecule has 1 aliphatic carbocycles. The lowest BCUT2D eigenvalue weighted by atomic mass is 9.82. The maximum atomic E-state index is 11.4. The second-order valence-electron chi connectivity index (χ2n) is 4.35. The number of hydrogen-bond acceptors (Lipinski definition) is 2. The number of rotatable bonds is 1. The first-order valence-corrected chi connectivity index (χ1v) is 6.64. The van der Waals surface area contributed by atoms with E-state index in [0.717, 1.165) is 6.42 Å². The zero-order valence-electron chi connectivity index (χ0n) is 8.74. The summed E-state index contributed by atoms with van der Waals surface area (Å²) in [5.74, 6) is 0.725. The summed E-state index contributed by atoms with van der Waals surface area (Å²) < 4.78 is 22.9. The normalized spacial score (nSPS) is 35.7. The SMILES string of the molecule is CC1=CC(S(C)(=O)=O)C(C)C(C)C1. The Hall–Kier alpha value is -0.310. The predicted molar refractivity (Wildman–Crippen MR) is 55.3 cm³/mol. The van der Waals surface area contributed by atoms with Crippen LogP contribution in [0.25, 0.3) is 0 Å². The van der Waals surface area contributed by atoms with Gasteiger partial charge >= 0.3 is 0 Å². The molecule has 3 heteroatoms. The highest BCUT2D eigenvalue weighted by atomic mass is 32.2. The fraction of sp³-hybridized carbons (Fsp3) is 0.800. The molecule has 0 aromatic carbocycles. The van der Waals surface area contributed by atoms with E-state index in [1.165, 1.54) is 11.8 Å². The van der Waals surface area contributed by atoms with Gasteiger partial charge in [-0.05, 0) is 25.2 Å². The van der Waals surface area contributed by atoms with Gasteiger partial charge in [-0.3, -0.25) is 0 Å². The third-order valence-corrected chi connectivity index (χ3v) is 4.56. The minimum atomic E-state index is -2.92. The van der Waals surface area contributed by atoms with E-state index in [2.05, 4.69) is 6.92 Å². The second kappa shape index (κ2) is 3.45. The maximum absolute atomic E-state index is 11.4. The van der Waals surface area contributed by atoms with E-state index in [1.54, 1.807) is 0 Å². The minimum Gasteiger partial charge on any atom is -0.229 e. The molecule has 0 aromatic heterocycles. The summed E-state index contributed by atoms with van der Waals surface area (Å²) in [5.41, 5.74) is 1.21. The Kier molecular flexibility index (Phi) is 2.85. The van der Waals surface area contributed by atoms with Crippen molar-refractivity contribution in [2.75, 3.05) is 6.26 Å². The predicted octanol–water partition coefficient (Wildman–Crippen LogP) is 2.02. The molecule has 1 aliphatic rings. The molecule has 0 aliphatic heterocycles. The van der Waals surface area contributed by atoms with E-state index in [1.807, 2.05) is 19.9 Å². The Morgan fingerprint density at radius 3 is 2.38 bits per heavy atom. The zero-order chi connectivity index (χ0) is 10.2. The van der Waals surface area contributed by atoms with Crippen molar-refractivity contribution in [3.05, 3.63) is 11.6 Å². The molecular formula is C10H18O2S. The first-order chi connectivity index (χ1) is 5.82. The summed E-state index contributed by atoms with van der Waals surface area (Å²) in [5, 5.41) is -0.267. The summed E-state index contributed by atoms with van der Waals surface area (Å²) in [4.78, 5) is 0. The lowest BCUT2D eigenvalue weighted by molar-refractivity contribution is 0.368. The molecule has 0 N–H and O–H groups in total. The molecule has 0 saturated heterocycles. The van der Waals surface area contributed by atoms with Gasteiger partial charge in [-0.2, -0.15) is 0 Å². The molecule has 3 atom stereocenters. The van der Waals surface area contributed by atoms with Gasteiger partial charge in [-0.25, -0.2) is 8.42 Å². The molecule has 1 rings (SSSR count). The van der Waals surface area contributed by atoms with Crippen LogP contribution in [0.1, 0.15) is 27.2 Å². The Bertz CT molecular complexity index is 314. The van der Waals surface area contributed by atoms with Crippen molar-refractivity contribution in [1.82, 2.24) is 0 Å². The Morgan fingerprint density at radius 2 is 1.92 bits per heavy atom. The molecule has 76 valence electrons. The van der Waals surface area contributed by atoms with Gasteiger partial charge in [-0.15, -0.1) is 0 Å². The highest BCUT2D eigenvalue weighted by Gasteiger charge is 2.32. The van der Waals surface area contributed by atoms with Gasteiger partial charge in [0.15, 0.2) is 9.84 Å². The van der Waals surface area contributed by atoms with Crippen molar-refractivity contribution in [3.8, 4) is 0 Å². The molecule has 2 nitrogen and oxygen atoms in total. The van der Waals surface area contributed by atoms with Crippen LogP contribution >= 0.6 is 0 Å². The van der Waals surface area contributed by atoms with Crippen LogP contribution in [0.3, 0.4) is 0 Å². The second-order valence-corrected chi connectivity index (χ2v) is 6.55. The van der Waals surface area contributed by atoms with Gasteiger partial charge in [0.2, 0.25) is 0 Å². The topological polar surface area (TPSA) is 34.1 Å². The van der Waals surface area contributed by atoms with Crippen LogP contribution in [0.15, 0.2) is 11.6 Å². The smallest absolute Gasteiger partial charge is 0.154 e. The van der Waals surface area contributed by atoms with Gasteiger partial charge < -0.3 is 0 Å². The summed E-state index contributed by atoms with van der Waals surface area (Å²) in [6.45, 7) is 6.17. The van der Waals surface area contributed by atoms with E-state index in [4.69, 9.17) is 0 Å². The summed E-state index contributed by atoms with van der Waals surface area (Å²) in [6.07, 6.45) is 4.28. The fourth-order valence-corrected chi connectivity index (χ4v) is 3.56. The van der Waals surface area contributed by atoms with Gasteiger partial charge in [0, 0.05) is 6.26 Å². The summed E-state index contributed by atoms with van der Waals surface area (Å²) >= 11 is 0. The van der Waals surface area contributed by atoms with Crippen LogP contribution in [0.2, 0.25) is 0 Å². The zero-order valence-corrected chi connectivity index (χ0v) is 9.56. The first-order valence-electron chi connectivity index (χ1n) is 4.68. The highest BCUT2D eigenvalue weighted by molar-refractivity contribution is 7.91. The van der Waals surface area contributed by atoms with Crippen molar-refractivity contribution < 1.29 is 8.42 Å². The van der Waals surface area contributed by atoms with Gasteiger partial charge in [0.05, 0.1) is 5.25 Å². The van der Waals surface area contributed by atoms with Crippen molar-refractivity contribution in [2.45, 2.75) is 32.4 Å². The van der Waals surface area contributed by atoms with Crippen LogP contribution in [0, 0.1) is 11.8 Å². The van der Waals surface area contributed by atoms with Gasteiger partial charge in [-0.1, -0.05) is 25.5 Å². The molecule has 0 heterocycles. The van der Waals surface area contributed by atoms with Crippen LogP contribution < -0.4 is 0 Å². The Labute approximate surface area is 81.0 Å². The molecule has 3 unspecified atom stereocenters. The summed E-state index contributed by atoms with van der Waals surface area (Å²) in [6, 6.07) is 0. The van der Waals surface area contributed by atoms with Crippen molar-refractivity contribution in [2.24, 2.45) is 11.8 Å². The van der Waals surface area contributed by atoms with Crippen LogP contribution in [0.5, 0.6) is 0 Å². The van der Waals surface area contributed by atoms with E-state index >= 15 is 0 Å². The third-order valence-electron chi connectivity index (χ3n) is 3.00. The Morgan fingerprint density at radius 1 is 1.38 bits per heavy atom.